The Kier molecular flexibility index (Phi) is 7.65. The van der Waals surface area contributed by atoms with E-state index in [-0.39, 0.29) is 0 Å². The Morgan fingerprint density at radius 2 is 1.38 bits per heavy atom. The highest BCUT2D eigenvalue weighted by Crippen LogP contribution is 2.53. The number of para-hydroxylation sites is 1. The van der Waals surface area contributed by atoms with Crippen LogP contribution in [0.3, 0.4) is 0 Å². The lowest BCUT2D eigenvalue weighted by molar-refractivity contribution is -0.122. The van der Waals surface area contributed by atoms with Crippen LogP contribution in [0.25, 0.3) is 0 Å². The first-order valence-electron chi connectivity index (χ1n) is 13.1. The van der Waals surface area contributed by atoms with E-state index in [1.165, 1.54) is 0 Å². The molecule has 0 unspecified atom stereocenters. The Bertz CT molecular complexity index is 1390. The monoisotopic (exact) mass is 544 g/mol. The van der Waals surface area contributed by atoms with E-state index in [1.807, 2.05) is 30.3 Å². The van der Waals surface area contributed by atoms with Crippen LogP contribution in [0.2, 0.25) is 0 Å². The minimum absolute atomic E-state index is 0.379. The number of amides is 3. The summed E-state index contributed by atoms with van der Waals surface area (Å²) in [6.45, 7) is 10.5. The van der Waals surface area contributed by atoms with E-state index in [1.54, 1.807) is 97.2 Å². The van der Waals surface area contributed by atoms with Crippen molar-refractivity contribution in [2.75, 3.05) is 12.0 Å². The molecule has 0 fully saturated rings. The molecule has 0 aliphatic carbocycles. The van der Waals surface area contributed by atoms with Crippen molar-refractivity contribution in [2.24, 2.45) is 0 Å². The number of fused-ring (bicyclic) bond motifs is 1. The normalized spacial score (nSPS) is 17.6. The Balaban J connectivity index is 2.02. The number of methoxy groups -OCH3 is 1. The van der Waals surface area contributed by atoms with E-state index >= 15 is 0 Å². The van der Waals surface area contributed by atoms with Gasteiger partial charge < -0.3 is 19.5 Å². The molecule has 1 aliphatic rings. The highest BCUT2D eigenvalue weighted by molar-refractivity contribution is 6.23. The smallest absolute Gasteiger partial charge is 0.421 e. The lowest BCUT2D eigenvalue weighted by Gasteiger charge is -2.38. The Hall–Kier alpha value is -4.33. The van der Waals surface area contributed by atoms with Crippen molar-refractivity contribution in [3.63, 3.8) is 0 Å². The maximum absolute atomic E-state index is 14.8. The lowest BCUT2D eigenvalue weighted by Crippen LogP contribution is -2.53. The van der Waals surface area contributed by atoms with Crippen LogP contribution in [0.15, 0.2) is 78.9 Å². The molecule has 4 rings (SSSR count). The number of nitrogens with one attached hydrogen (secondary N) is 1. The molecular formula is C32H36N2O6. The number of nitrogens with zero attached hydrogens (tertiary/aromatic N) is 1. The van der Waals surface area contributed by atoms with Crippen molar-refractivity contribution < 1.29 is 28.6 Å². The average Bonchev–Trinajstić information content (AvgIpc) is 3.14. The first-order chi connectivity index (χ1) is 18.8. The number of ether oxygens (including phenoxy) is 3. The van der Waals surface area contributed by atoms with Crippen molar-refractivity contribution in [2.45, 2.75) is 64.2 Å². The number of anilines is 1. The van der Waals surface area contributed by atoms with Gasteiger partial charge in [0.05, 0.1) is 18.8 Å². The maximum atomic E-state index is 14.8. The Labute approximate surface area is 235 Å². The first-order valence-corrected chi connectivity index (χ1v) is 13.1. The predicted molar refractivity (Wildman–Crippen MR) is 152 cm³/mol. The van der Waals surface area contributed by atoms with Gasteiger partial charge >= 0.3 is 12.2 Å². The zero-order valence-electron chi connectivity index (χ0n) is 24.0. The molecule has 2 atom stereocenters. The van der Waals surface area contributed by atoms with Crippen LogP contribution in [-0.2, 0) is 19.7 Å². The van der Waals surface area contributed by atoms with Gasteiger partial charge in [0.1, 0.15) is 22.4 Å². The lowest BCUT2D eigenvalue weighted by atomic mass is 9.67. The molecule has 3 aromatic rings. The van der Waals surface area contributed by atoms with Crippen molar-refractivity contribution >= 4 is 23.8 Å². The number of rotatable bonds is 5. The molecular weight excluding hydrogens is 508 g/mol. The van der Waals surface area contributed by atoms with Gasteiger partial charge in [0.2, 0.25) is 0 Å². The molecule has 3 aromatic carbocycles. The van der Waals surface area contributed by atoms with E-state index in [2.05, 4.69) is 5.32 Å². The van der Waals surface area contributed by atoms with Crippen molar-refractivity contribution in [3.05, 3.63) is 95.6 Å². The third-order valence-corrected chi connectivity index (χ3v) is 6.46. The molecule has 0 bridgehead atoms. The molecule has 0 radical (unpaired) electrons. The van der Waals surface area contributed by atoms with E-state index in [0.717, 1.165) is 4.90 Å². The minimum Gasteiger partial charge on any atom is -0.497 e. The molecule has 8 nitrogen and oxygen atoms in total. The van der Waals surface area contributed by atoms with E-state index < -0.39 is 40.8 Å². The van der Waals surface area contributed by atoms with Gasteiger partial charge in [-0.3, -0.25) is 4.79 Å². The standard InChI is InChI=1S/C32H36N2O6/c1-30(2,3)39-28(36)33-26(21-13-9-8-10-14-21)32(22-17-19-23(38-7)20-18-22)24-15-11-12-16-25(24)34(27(32)35)29(37)40-31(4,5)6/h8-20,26H,1-7H3,(H,33,36)/t26-,32-/m0/s1. The zero-order valence-corrected chi connectivity index (χ0v) is 24.0. The minimum atomic E-state index is -1.56. The second kappa shape index (κ2) is 10.7. The Morgan fingerprint density at radius 1 is 0.800 bits per heavy atom. The quantitative estimate of drug-likeness (QED) is 0.393. The third kappa shape index (κ3) is 5.52. The van der Waals surface area contributed by atoms with Crippen molar-refractivity contribution in [1.82, 2.24) is 5.32 Å². The van der Waals surface area contributed by atoms with E-state index in [4.69, 9.17) is 14.2 Å². The van der Waals surface area contributed by atoms with Crippen LogP contribution < -0.4 is 15.0 Å². The van der Waals surface area contributed by atoms with Crippen LogP contribution in [0.5, 0.6) is 5.75 Å². The summed E-state index contributed by atoms with van der Waals surface area (Å²) in [5.74, 6) is 0.0380. The molecule has 40 heavy (non-hydrogen) atoms. The molecule has 1 N–H and O–H groups in total. The summed E-state index contributed by atoms with van der Waals surface area (Å²) in [5, 5.41) is 2.99. The summed E-state index contributed by atoms with van der Waals surface area (Å²) in [7, 11) is 1.56. The van der Waals surface area contributed by atoms with Gasteiger partial charge in [0.25, 0.3) is 5.91 Å². The Morgan fingerprint density at radius 3 is 1.95 bits per heavy atom. The topological polar surface area (TPSA) is 94.2 Å². The van der Waals surface area contributed by atoms with Gasteiger partial charge in [-0.25, -0.2) is 14.5 Å². The van der Waals surface area contributed by atoms with Gasteiger partial charge in [0, 0.05) is 0 Å². The highest BCUT2D eigenvalue weighted by atomic mass is 16.6. The molecule has 0 saturated heterocycles. The molecule has 0 spiro atoms. The van der Waals surface area contributed by atoms with E-state index in [9.17, 15) is 14.4 Å². The molecule has 0 aromatic heterocycles. The van der Waals surface area contributed by atoms with Crippen LogP contribution in [0.1, 0.15) is 64.3 Å². The van der Waals surface area contributed by atoms with Gasteiger partial charge in [-0.2, -0.15) is 0 Å². The number of benzene rings is 3. The second-order valence-corrected chi connectivity index (χ2v) is 11.7. The summed E-state index contributed by atoms with van der Waals surface area (Å²) in [4.78, 5) is 42.8. The summed E-state index contributed by atoms with van der Waals surface area (Å²) in [6, 6.07) is 22.3. The number of hydrogen-bond acceptors (Lipinski definition) is 6. The van der Waals surface area contributed by atoms with Crippen LogP contribution in [0.4, 0.5) is 15.3 Å². The zero-order chi connectivity index (χ0) is 29.3. The largest absolute Gasteiger partial charge is 0.497 e. The summed E-state index contributed by atoms with van der Waals surface area (Å²) in [6.07, 6.45) is -1.50. The number of imide groups is 1. The van der Waals surface area contributed by atoms with Gasteiger partial charge in [-0.15, -0.1) is 0 Å². The van der Waals surface area contributed by atoms with Crippen molar-refractivity contribution in [1.29, 1.82) is 0 Å². The highest BCUT2D eigenvalue weighted by Gasteiger charge is 2.60. The summed E-state index contributed by atoms with van der Waals surface area (Å²) < 4.78 is 16.7. The van der Waals surface area contributed by atoms with Crippen LogP contribution >= 0.6 is 0 Å². The number of carbonyl (C=O) groups is 3. The van der Waals surface area contributed by atoms with Crippen LogP contribution in [0, 0.1) is 0 Å². The third-order valence-electron chi connectivity index (χ3n) is 6.46. The van der Waals surface area contributed by atoms with Gasteiger partial charge in [0.15, 0.2) is 0 Å². The fourth-order valence-corrected chi connectivity index (χ4v) is 4.98. The van der Waals surface area contributed by atoms with Crippen LogP contribution in [-0.4, -0.2) is 36.4 Å². The number of hydrogen-bond donors (Lipinski definition) is 1. The summed E-state index contributed by atoms with van der Waals surface area (Å²) in [5.41, 5.74) is -1.05. The first kappa shape index (κ1) is 28.7. The fourth-order valence-electron chi connectivity index (χ4n) is 4.98. The molecule has 8 heteroatoms. The number of carbonyl (C=O) groups excluding carboxylic acids is 3. The molecule has 0 saturated carbocycles. The summed E-state index contributed by atoms with van der Waals surface area (Å²) >= 11 is 0. The SMILES string of the molecule is COc1ccc([C@]2([C@@H](NC(=O)OC(C)(C)C)c3ccccc3)C(=O)N(C(=O)OC(C)(C)C)c3ccccc32)cc1. The second-order valence-electron chi connectivity index (χ2n) is 11.7. The van der Waals surface area contributed by atoms with Gasteiger partial charge in [-0.05, 0) is 76.4 Å². The molecule has 1 heterocycles. The maximum Gasteiger partial charge on any atom is 0.421 e. The van der Waals surface area contributed by atoms with E-state index in [0.29, 0.717) is 28.1 Å². The molecule has 1 aliphatic heterocycles. The predicted octanol–water partition coefficient (Wildman–Crippen LogP) is 6.53. The fraction of sp³-hybridized carbons (Fsp3) is 0.344. The molecule has 210 valence electrons. The van der Waals surface area contributed by atoms with Crippen molar-refractivity contribution in [3.8, 4) is 5.75 Å². The average molecular weight is 545 g/mol. The molecule has 3 amide bonds. The number of alkyl carbamates (subject to hydrolysis) is 1. The van der Waals surface area contributed by atoms with Gasteiger partial charge in [-0.1, -0.05) is 60.7 Å².